The van der Waals surface area contributed by atoms with Crippen LogP contribution in [0.3, 0.4) is 0 Å². The quantitative estimate of drug-likeness (QED) is 0.378. The Labute approximate surface area is 149 Å². The number of ether oxygens (including phenoxy) is 1. The first-order chi connectivity index (χ1) is 12.1. The second-order valence-corrected chi connectivity index (χ2v) is 6.66. The number of halogens is 3. The molecule has 7 heteroatoms. The molecule has 2 aromatic carbocycles. The summed E-state index contributed by atoms with van der Waals surface area (Å²) in [5.74, 6) is -5.92. The van der Waals surface area contributed by atoms with Gasteiger partial charge < -0.3 is 10.1 Å². The van der Waals surface area contributed by atoms with Crippen LogP contribution < -0.4 is 10.1 Å². The molecule has 0 amide bonds. The summed E-state index contributed by atoms with van der Waals surface area (Å²) in [4.78, 5) is 24.5. The Hall–Kier alpha value is -2.67. The highest BCUT2D eigenvalue weighted by atomic mass is 19.2. The number of ketones is 1. The van der Waals surface area contributed by atoms with Crippen LogP contribution in [0.5, 0.6) is 5.75 Å². The van der Waals surface area contributed by atoms with Gasteiger partial charge in [-0.25, -0.2) is 18.0 Å². The fraction of sp³-hybridized carbons (Fsp3) is 0.263. The van der Waals surface area contributed by atoms with Crippen LogP contribution in [0.2, 0.25) is 0 Å². The maximum Gasteiger partial charge on any atom is 0.346 e. The van der Waals surface area contributed by atoms with Crippen molar-refractivity contribution < 1.29 is 27.5 Å². The molecule has 0 unspecified atom stereocenters. The normalized spacial score (nSPS) is 11.3. The third kappa shape index (κ3) is 4.92. The van der Waals surface area contributed by atoms with Crippen molar-refractivity contribution >= 4 is 11.8 Å². The number of para-hydroxylation sites is 1. The molecule has 0 spiro atoms. The molecule has 2 aromatic rings. The molecular formula is C19H18F3NO3. The van der Waals surface area contributed by atoms with Crippen molar-refractivity contribution in [3.05, 3.63) is 65.0 Å². The minimum absolute atomic E-state index is 0.0129. The Morgan fingerprint density at radius 2 is 1.69 bits per heavy atom. The summed E-state index contributed by atoms with van der Waals surface area (Å²) in [5.41, 5.74) is -1.10. The maximum atomic E-state index is 13.7. The van der Waals surface area contributed by atoms with Gasteiger partial charge in [-0.3, -0.25) is 4.79 Å². The van der Waals surface area contributed by atoms with Crippen molar-refractivity contribution in [1.29, 1.82) is 0 Å². The van der Waals surface area contributed by atoms with Crippen molar-refractivity contribution in [1.82, 2.24) is 5.32 Å². The lowest BCUT2D eigenvalue weighted by molar-refractivity contribution is 0.0725. The third-order valence-electron chi connectivity index (χ3n) is 3.38. The molecule has 2 rings (SSSR count). The number of hydrogen-bond acceptors (Lipinski definition) is 4. The van der Waals surface area contributed by atoms with E-state index in [1.807, 2.05) is 20.8 Å². The summed E-state index contributed by atoms with van der Waals surface area (Å²) in [6.07, 6.45) is 0. The molecule has 1 N–H and O–H groups in total. The van der Waals surface area contributed by atoms with E-state index in [4.69, 9.17) is 4.74 Å². The number of carbonyl (C=O) groups is 2. The number of nitrogens with one attached hydrogen (secondary N) is 1. The van der Waals surface area contributed by atoms with Gasteiger partial charge in [0.05, 0.1) is 12.1 Å². The van der Waals surface area contributed by atoms with Crippen molar-refractivity contribution in [2.24, 2.45) is 0 Å². The molecule has 0 aliphatic rings. The SMILES string of the molecule is CC(C)(C)NCC(=O)c1ccccc1OC(=O)c1cc(F)cc(F)c1F. The lowest BCUT2D eigenvalue weighted by Crippen LogP contribution is -2.39. The highest BCUT2D eigenvalue weighted by Crippen LogP contribution is 2.22. The Kier molecular flexibility index (Phi) is 5.82. The molecular weight excluding hydrogens is 347 g/mol. The first-order valence-corrected chi connectivity index (χ1v) is 7.82. The maximum absolute atomic E-state index is 13.7. The minimum Gasteiger partial charge on any atom is -0.422 e. The molecule has 0 fully saturated rings. The summed E-state index contributed by atoms with van der Waals surface area (Å²) in [5, 5.41) is 3.01. The molecule has 0 saturated carbocycles. The Morgan fingerprint density at radius 1 is 1.04 bits per heavy atom. The molecule has 0 atom stereocenters. The van der Waals surface area contributed by atoms with Gasteiger partial charge >= 0.3 is 5.97 Å². The van der Waals surface area contributed by atoms with Crippen molar-refractivity contribution in [2.45, 2.75) is 26.3 Å². The van der Waals surface area contributed by atoms with Crippen LogP contribution in [-0.2, 0) is 0 Å². The summed E-state index contributed by atoms with van der Waals surface area (Å²) in [7, 11) is 0. The smallest absolute Gasteiger partial charge is 0.346 e. The monoisotopic (exact) mass is 365 g/mol. The number of benzene rings is 2. The van der Waals surface area contributed by atoms with E-state index >= 15 is 0 Å². The number of Topliss-reactive ketones (excluding diaryl/α,β-unsaturated/α-hetero) is 1. The first-order valence-electron chi connectivity index (χ1n) is 7.82. The topological polar surface area (TPSA) is 55.4 Å². The molecule has 26 heavy (non-hydrogen) atoms. The Bertz CT molecular complexity index is 844. The number of rotatable bonds is 5. The van der Waals surface area contributed by atoms with Gasteiger partial charge in [-0.15, -0.1) is 0 Å². The van der Waals surface area contributed by atoms with Gasteiger partial charge in [-0.05, 0) is 39.0 Å². The minimum atomic E-state index is -1.52. The van der Waals surface area contributed by atoms with Crippen LogP contribution in [0.1, 0.15) is 41.5 Å². The summed E-state index contributed by atoms with van der Waals surface area (Å²) in [6.45, 7) is 5.63. The van der Waals surface area contributed by atoms with E-state index < -0.39 is 29.0 Å². The number of carbonyl (C=O) groups excluding carboxylic acids is 2. The van der Waals surface area contributed by atoms with Crippen molar-refractivity contribution in [2.75, 3.05) is 6.54 Å². The first kappa shape index (κ1) is 19.7. The second kappa shape index (κ2) is 7.70. The fourth-order valence-corrected chi connectivity index (χ4v) is 2.09. The van der Waals surface area contributed by atoms with Gasteiger partial charge in [0, 0.05) is 11.6 Å². The molecule has 0 aromatic heterocycles. The molecule has 0 heterocycles. The third-order valence-corrected chi connectivity index (χ3v) is 3.38. The average molecular weight is 365 g/mol. The molecule has 0 aliphatic heterocycles. The highest BCUT2D eigenvalue weighted by molar-refractivity contribution is 6.01. The Balaban J connectivity index is 2.25. The van der Waals surface area contributed by atoms with Crippen LogP contribution in [0.25, 0.3) is 0 Å². The molecule has 138 valence electrons. The van der Waals surface area contributed by atoms with E-state index in [1.54, 1.807) is 6.07 Å². The van der Waals surface area contributed by atoms with Gasteiger partial charge in [-0.1, -0.05) is 12.1 Å². The van der Waals surface area contributed by atoms with Gasteiger partial charge in [0.1, 0.15) is 17.1 Å². The van der Waals surface area contributed by atoms with Crippen molar-refractivity contribution in [3.8, 4) is 5.75 Å². The fourth-order valence-electron chi connectivity index (χ4n) is 2.09. The zero-order valence-corrected chi connectivity index (χ0v) is 14.5. The summed E-state index contributed by atoms with van der Waals surface area (Å²) in [6, 6.07) is 6.73. The van der Waals surface area contributed by atoms with E-state index in [-0.39, 0.29) is 29.2 Å². The zero-order valence-electron chi connectivity index (χ0n) is 14.5. The predicted molar refractivity (Wildman–Crippen MR) is 89.8 cm³/mol. The van der Waals surface area contributed by atoms with Crippen LogP contribution in [0.4, 0.5) is 13.2 Å². The van der Waals surface area contributed by atoms with Crippen LogP contribution in [0.15, 0.2) is 36.4 Å². The molecule has 0 bridgehead atoms. The second-order valence-electron chi connectivity index (χ2n) is 6.66. The van der Waals surface area contributed by atoms with Crippen LogP contribution in [0, 0.1) is 17.5 Å². The number of esters is 1. The van der Waals surface area contributed by atoms with Crippen LogP contribution in [-0.4, -0.2) is 23.8 Å². The number of hydrogen-bond donors (Lipinski definition) is 1. The molecule has 0 saturated heterocycles. The van der Waals surface area contributed by atoms with E-state index in [1.165, 1.54) is 18.2 Å². The van der Waals surface area contributed by atoms with E-state index in [0.29, 0.717) is 12.1 Å². The summed E-state index contributed by atoms with van der Waals surface area (Å²) < 4.78 is 45.3. The van der Waals surface area contributed by atoms with Crippen molar-refractivity contribution in [3.63, 3.8) is 0 Å². The highest BCUT2D eigenvalue weighted by Gasteiger charge is 2.22. The van der Waals surface area contributed by atoms with Gasteiger partial charge in [0.15, 0.2) is 17.4 Å². The molecule has 0 radical (unpaired) electrons. The van der Waals surface area contributed by atoms with Crippen LogP contribution >= 0.6 is 0 Å². The predicted octanol–water partition coefficient (Wildman–Crippen LogP) is 3.89. The van der Waals surface area contributed by atoms with Gasteiger partial charge in [-0.2, -0.15) is 0 Å². The molecule has 4 nitrogen and oxygen atoms in total. The lowest BCUT2D eigenvalue weighted by Gasteiger charge is -2.20. The van der Waals surface area contributed by atoms with Gasteiger partial charge in [0.2, 0.25) is 0 Å². The van der Waals surface area contributed by atoms with E-state index in [9.17, 15) is 22.8 Å². The van der Waals surface area contributed by atoms with E-state index in [2.05, 4.69) is 5.32 Å². The standard InChI is InChI=1S/C19H18F3NO3/c1-19(2,3)23-10-15(24)12-6-4-5-7-16(12)26-18(25)13-8-11(20)9-14(21)17(13)22/h4-9,23H,10H2,1-3H3. The van der Waals surface area contributed by atoms with E-state index in [0.717, 1.165) is 0 Å². The lowest BCUT2D eigenvalue weighted by atomic mass is 10.1. The van der Waals surface area contributed by atoms with Gasteiger partial charge in [0.25, 0.3) is 0 Å². The average Bonchev–Trinajstić information content (AvgIpc) is 2.55. The Morgan fingerprint density at radius 3 is 2.35 bits per heavy atom. The summed E-state index contributed by atoms with van der Waals surface area (Å²) >= 11 is 0. The largest absolute Gasteiger partial charge is 0.422 e. The zero-order chi connectivity index (χ0) is 19.5. The molecule has 0 aliphatic carbocycles.